The molecule has 4 nitrogen and oxygen atoms in total. The minimum absolute atomic E-state index is 0.0358. The second-order valence-electron chi connectivity index (χ2n) is 17.2. The first kappa shape index (κ1) is 31.8. The van der Waals surface area contributed by atoms with Crippen molar-refractivity contribution in [3.63, 3.8) is 0 Å². The summed E-state index contributed by atoms with van der Waals surface area (Å²) in [6.07, 6.45) is 6.70. The van der Waals surface area contributed by atoms with E-state index >= 15 is 0 Å². The fourth-order valence-corrected chi connectivity index (χ4v) is 12.3. The van der Waals surface area contributed by atoms with Gasteiger partial charge in [-0.05, 0) is 113 Å². The van der Waals surface area contributed by atoms with Crippen LogP contribution >= 0.6 is 0 Å². The van der Waals surface area contributed by atoms with Gasteiger partial charge in [0.05, 0.1) is 0 Å². The van der Waals surface area contributed by atoms with Gasteiger partial charge < -0.3 is 4.42 Å². The highest BCUT2D eigenvalue weighted by Gasteiger charge is 2.62. The number of hydrogen-bond acceptors (Lipinski definition) is 4. The van der Waals surface area contributed by atoms with E-state index in [0.717, 1.165) is 39.7 Å². The first-order valence-electron chi connectivity index (χ1n) is 20.7. The molecule has 4 fully saturated rings. The van der Waals surface area contributed by atoms with Gasteiger partial charge in [0.1, 0.15) is 11.2 Å². The zero-order chi connectivity index (χ0) is 37.2. The molecule has 0 unspecified atom stereocenters. The molecule has 4 bridgehead atoms. The number of rotatable bonds is 4. The summed E-state index contributed by atoms with van der Waals surface area (Å²) in [5, 5.41) is 4.73. The van der Waals surface area contributed by atoms with E-state index in [2.05, 4.69) is 146 Å². The molecule has 7 aromatic carbocycles. The molecule has 0 atom stereocenters. The number of fused-ring (bicyclic) bond motifs is 7. The fraction of sp³-hybridized carbons (Fsp3) is 0.189. The van der Waals surface area contributed by atoms with Crippen molar-refractivity contribution in [1.29, 1.82) is 0 Å². The highest BCUT2D eigenvalue weighted by atomic mass is 16.3. The molecule has 0 N–H and O–H groups in total. The number of furan rings is 1. The summed E-state index contributed by atoms with van der Waals surface area (Å²) in [6.45, 7) is 0. The third kappa shape index (κ3) is 4.53. The van der Waals surface area contributed by atoms with Crippen molar-refractivity contribution in [2.75, 3.05) is 0 Å². The van der Waals surface area contributed by atoms with Crippen LogP contribution in [0.4, 0.5) is 0 Å². The van der Waals surface area contributed by atoms with Crippen LogP contribution < -0.4 is 0 Å². The zero-order valence-electron chi connectivity index (χ0n) is 31.5. The van der Waals surface area contributed by atoms with Crippen molar-refractivity contribution in [1.82, 2.24) is 15.0 Å². The Hall–Kier alpha value is -6.39. The predicted octanol–water partition coefficient (Wildman–Crippen LogP) is 13.3. The first-order chi connectivity index (χ1) is 28.2. The first-order valence-corrected chi connectivity index (χ1v) is 20.7. The fourth-order valence-electron chi connectivity index (χ4n) is 12.3. The molecular formula is C53H39N3O. The summed E-state index contributed by atoms with van der Waals surface area (Å²) < 4.78 is 6.74. The van der Waals surface area contributed by atoms with E-state index in [1.165, 1.54) is 87.0 Å². The molecular weight excluding hydrogens is 695 g/mol. The molecule has 4 saturated carbocycles. The molecule has 0 aliphatic heterocycles. The van der Waals surface area contributed by atoms with E-state index in [9.17, 15) is 0 Å². The Morgan fingerprint density at radius 3 is 1.82 bits per heavy atom. The number of nitrogens with zero attached hydrogens (tertiary/aromatic N) is 3. The van der Waals surface area contributed by atoms with Gasteiger partial charge in [-0.3, -0.25) is 0 Å². The third-order valence-electron chi connectivity index (χ3n) is 14.3. The van der Waals surface area contributed by atoms with Gasteiger partial charge in [-0.15, -0.1) is 0 Å². The van der Waals surface area contributed by atoms with E-state index in [4.69, 9.17) is 19.4 Å². The van der Waals surface area contributed by atoms with Crippen LogP contribution in [0.25, 0.3) is 89.1 Å². The van der Waals surface area contributed by atoms with Crippen molar-refractivity contribution in [2.24, 2.45) is 23.7 Å². The lowest BCUT2D eigenvalue weighted by Crippen LogP contribution is -2.55. The summed E-state index contributed by atoms with van der Waals surface area (Å²) in [5.41, 5.74) is 13.1. The number of aromatic nitrogens is 3. The number of hydrogen-bond donors (Lipinski definition) is 0. The monoisotopic (exact) mass is 733 g/mol. The van der Waals surface area contributed by atoms with Crippen molar-refractivity contribution in [3.8, 4) is 56.4 Å². The van der Waals surface area contributed by atoms with Crippen LogP contribution in [0.3, 0.4) is 0 Å². The SMILES string of the molecule is c1ccc(-c2nc(-c3ccc4c(c3)-c3cccc(-c5cccc6c5oc5ccccc56)c3C43C4CC5CC(C4)CC3C5)nc(-c3ccc4ccccc4c3)n2)cc1. The van der Waals surface area contributed by atoms with Gasteiger partial charge in [0.2, 0.25) is 0 Å². The van der Waals surface area contributed by atoms with Crippen molar-refractivity contribution in [3.05, 3.63) is 163 Å². The molecule has 4 heteroatoms. The molecule has 2 heterocycles. The van der Waals surface area contributed by atoms with Crippen LogP contribution in [0.15, 0.2) is 156 Å². The standard InChI is InChI=1S/C53H39N3O/c1-2-11-34(12-3-1)50-54-51(36-21-20-33-10-4-5-13-35(33)29-36)56-52(55-50)37-22-23-46-45(30-37)42-16-8-15-41(44-18-9-17-43-40-14-6-7-19-47(40)57-49(43)44)48(42)53(46)38-25-31-24-32(27-38)28-39(53)26-31/h1-23,29-32,38-39H,24-28H2. The predicted molar refractivity (Wildman–Crippen MR) is 230 cm³/mol. The summed E-state index contributed by atoms with van der Waals surface area (Å²) in [5.74, 6) is 5.02. The Bertz CT molecular complexity index is 3080. The van der Waals surface area contributed by atoms with Gasteiger partial charge >= 0.3 is 0 Å². The second kappa shape index (κ2) is 11.8. The Morgan fingerprint density at radius 1 is 0.439 bits per heavy atom. The normalized spacial score (nSPS) is 22.8. The molecule has 2 aromatic heterocycles. The minimum atomic E-state index is -0.0358. The molecule has 14 rings (SSSR count). The van der Waals surface area contributed by atoms with Crippen LogP contribution in [0.2, 0.25) is 0 Å². The lowest BCUT2D eigenvalue weighted by atomic mass is 9.42. The van der Waals surface area contributed by atoms with E-state index < -0.39 is 0 Å². The largest absolute Gasteiger partial charge is 0.455 e. The molecule has 5 aliphatic rings. The van der Waals surface area contributed by atoms with Crippen LogP contribution in [0, 0.1) is 23.7 Å². The second-order valence-corrected chi connectivity index (χ2v) is 17.2. The molecule has 57 heavy (non-hydrogen) atoms. The van der Waals surface area contributed by atoms with Gasteiger partial charge in [0.15, 0.2) is 17.5 Å². The molecule has 9 aromatic rings. The lowest BCUT2D eigenvalue weighted by Gasteiger charge is -2.61. The van der Waals surface area contributed by atoms with Crippen LogP contribution in [0.1, 0.15) is 43.2 Å². The van der Waals surface area contributed by atoms with Gasteiger partial charge in [-0.1, -0.05) is 133 Å². The molecule has 1 spiro atoms. The summed E-state index contributed by atoms with van der Waals surface area (Å²) in [4.78, 5) is 15.5. The third-order valence-corrected chi connectivity index (χ3v) is 14.3. The zero-order valence-corrected chi connectivity index (χ0v) is 31.5. The molecule has 0 amide bonds. The Kier molecular flexibility index (Phi) is 6.59. The molecule has 0 saturated heterocycles. The minimum Gasteiger partial charge on any atom is -0.455 e. The maximum Gasteiger partial charge on any atom is 0.164 e. The summed E-state index contributed by atoms with van der Waals surface area (Å²) >= 11 is 0. The maximum atomic E-state index is 6.74. The topological polar surface area (TPSA) is 51.8 Å². The summed E-state index contributed by atoms with van der Waals surface area (Å²) in [7, 11) is 0. The number of benzene rings is 7. The van der Waals surface area contributed by atoms with E-state index in [1.807, 2.05) is 6.07 Å². The van der Waals surface area contributed by atoms with Crippen molar-refractivity contribution in [2.45, 2.75) is 37.5 Å². The van der Waals surface area contributed by atoms with Gasteiger partial charge in [0.25, 0.3) is 0 Å². The highest BCUT2D eigenvalue weighted by Crippen LogP contribution is 2.70. The van der Waals surface area contributed by atoms with Crippen LogP contribution in [-0.4, -0.2) is 15.0 Å². The lowest BCUT2D eigenvalue weighted by molar-refractivity contribution is -0.0397. The average Bonchev–Trinajstić information content (AvgIpc) is 3.79. The van der Waals surface area contributed by atoms with Gasteiger partial charge in [-0.25, -0.2) is 15.0 Å². The van der Waals surface area contributed by atoms with E-state index in [0.29, 0.717) is 29.3 Å². The van der Waals surface area contributed by atoms with Crippen molar-refractivity contribution >= 4 is 32.7 Å². The molecule has 5 aliphatic carbocycles. The maximum absolute atomic E-state index is 6.74. The van der Waals surface area contributed by atoms with Gasteiger partial charge in [0, 0.05) is 38.4 Å². The average molecular weight is 734 g/mol. The van der Waals surface area contributed by atoms with E-state index in [-0.39, 0.29) is 5.41 Å². The summed E-state index contributed by atoms with van der Waals surface area (Å²) in [6, 6.07) is 54.7. The van der Waals surface area contributed by atoms with Gasteiger partial charge in [-0.2, -0.15) is 0 Å². The van der Waals surface area contributed by atoms with Crippen LogP contribution in [-0.2, 0) is 5.41 Å². The molecule has 272 valence electrons. The number of para-hydroxylation sites is 2. The Balaban J connectivity index is 1.04. The van der Waals surface area contributed by atoms with E-state index in [1.54, 1.807) is 0 Å². The Morgan fingerprint density at radius 2 is 1.04 bits per heavy atom. The molecule has 0 radical (unpaired) electrons. The van der Waals surface area contributed by atoms with Crippen LogP contribution in [0.5, 0.6) is 0 Å². The quantitative estimate of drug-likeness (QED) is 0.181. The smallest absolute Gasteiger partial charge is 0.164 e. The Labute approximate surface area is 331 Å². The van der Waals surface area contributed by atoms with Crippen molar-refractivity contribution < 1.29 is 4.42 Å². The highest BCUT2D eigenvalue weighted by molar-refractivity contribution is 6.10.